The van der Waals surface area contributed by atoms with Gasteiger partial charge in [-0.25, -0.2) is 0 Å². The van der Waals surface area contributed by atoms with Gasteiger partial charge in [0.05, 0.1) is 6.61 Å². The lowest BCUT2D eigenvalue weighted by Gasteiger charge is -2.19. The van der Waals surface area contributed by atoms with Gasteiger partial charge >= 0.3 is 0 Å². The van der Waals surface area contributed by atoms with E-state index >= 15 is 0 Å². The Morgan fingerprint density at radius 2 is 1.59 bits per heavy atom. The van der Waals surface area contributed by atoms with Crippen LogP contribution < -0.4 is 5.30 Å². The first-order chi connectivity index (χ1) is 10.4. The van der Waals surface area contributed by atoms with Gasteiger partial charge in [-0.2, -0.15) is 0 Å². The third-order valence-corrected chi connectivity index (χ3v) is 6.65. The predicted molar refractivity (Wildman–Crippen MR) is 90.6 cm³/mol. The first kappa shape index (κ1) is 16.7. The number of aliphatic hydroxyl groups is 1. The standard InChI is InChI=1S/C18H21O3P/c1-13-11-14(2)17(15(3)12-13)18(20)22(21,10-9-19)16-7-5-4-6-8-16/h4-8,11-12,19H,9-10H2,1-3H3. The molecule has 0 heterocycles. The smallest absolute Gasteiger partial charge is 0.226 e. The van der Waals surface area contributed by atoms with Crippen LogP contribution >= 0.6 is 7.14 Å². The number of carbonyl (C=O) groups is 1. The van der Waals surface area contributed by atoms with Gasteiger partial charge in [0.1, 0.15) is 0 Å². The van der Waals surface area contributed by atoms with Crippen LogP contribution in [0.4, 0.5) is 0 Å². The maximum Gasteiger partial charge on any atom is 0.226 e. The molecule has 0 saturated carbocycles. The monoisotopic (exact) mass is 316 g/mol. The van der Waals surface area contributed by atoms with Crippen LogP contribution in [0, 0.1) is 20.8 Å². The Hall–Kier alpha value is -1.70. The number of rotatable bonds is 5. The summed E-state index contributed by atoms with van der Waals surface area (Å²) in [6.45, 7) is 5.42. The minimum atomic E-state index is -3.34. The third kappa shape index (κ3) is 3.06. The minimum Gasteiger partial charge on any atom is -0.396 e. The quantitative estimate of drug-likeness (QED) is 0.860. The molecule has 1 unspecified atom stereocenters. The van der Waals surface area contributed by atoms with Gasteiger partial charge in [-0.15, -0.1) is 0 Å². The van der Waals surface area contributed by atoms with Crippen molar-refractivity contribution in [2.75, 3.05) is 12.8 Å². The lowest BCUT2D eigenvalue weighted by atomic mass is 10.0. The number of hydrogen-bond donors (Lipinski definition) is 1. The zero-order valence-corrected chi connectivity index (χ0v) is 14.1. The van der Waals surface area contributed by atoms with Gasteiger partial charge in [0.15, 0.2) is 7.14 Å². The average molecular weight is 316 g/mol. The van der Waals surface area contributed by atoms with Crippen LogP contribution in [0.5, 0.6) is 0 Å². The summed E-state index contributed by atoms with van der Waals surface area (Å²) >= 11 is 0. The highest BCUT2D eigenvalue weighted by atomic mass is 31.2. The van der Waals surface area contributed by atoms with Crippen LogP contribution in [-0.4, -0.2) is 23.4 Å². The fraction of sp³-hybridized carbons (Fsp3) is 0.278. The van der Waals surface area contributed by atoms with E-state index in [1.165, 1.54) is 0 Å². The molecule has 116 valence electrons. The van der Waals surface area contributed by atoms with Gasteiger partial charge in [-0.05, 0) is 31.9 Å². The summed E-state index contributed by atoms with van der Waals surface area (Å²) in [5, 5.41) is 9.83. The summed E-state index contributed by atoms with van der Waals surface area (Å²) in [7, 11) is -3.34. The summed E-state index contributed by atoms with van der Waals surface area (Å²) in [5.41, 5.74) is 2.89. The normalized spacial score (nSPS) is 13.6. The molecular weight excluding hydrogens is 295 g/mol. The highest BCUT2D eigenvalue weighted by Gasteiger charge is 2.35. The molecule has 0 aliphatic carbocycles. The molecule has 0 aliphatic rings. The summed E-state index contributed by atoms with van der Waals surface area (Å²) in [4.78, 5) is 13.0. The second kappa shape index (κ2) is 6.60. The van der Waals surface area contributed by atoms with Crippen LogP contribution in [0.1, 0.15) is 27.0 Å². The van der Waals surface area contributed by atoms with Crippen molar-refractivity contribution in [2.24, 2.45) is 0 Å². The minimum absolute atomic E-state index is 0.0252. The lowest BCUT2D eigenvalue weighted by molar-refractivity contribution is 0.107. The molecule has 2 aromatic carbocycles. The Bertz CT molecular complexity index is 712. The summed E-state index contributed by atoms with van der Waals surface area (Å²) < 4.78 is 13.4. The average Bonchev–Trinajstić information content (AvgIpc) is 2.47. The molecule has 0 aliphatic heterocycles. The Kier molecular flexibility index (Phi) is 5.00. The summed E-state index contributed by atoms with van der Waals surface area (Å²) in [6.07, 6.45) is -0.0252. The number of hydrogen-bond acceptors (Lipinski definition) is 3. The predicted octanol–water partition coefficient (Wildman–Crippen LogP) is 3.43. The zero-order chi connectivity index (χ0) is 16.3. The van der Waals surface area contributed by atoms with Gasteiger partial charge < -0.3 is 9.67 Å². The molecule has 0 fully saturated rings. The fourth-order valence-electron chi connectivity index (χ4n) is 2.86. The maximum atomic E-state index is 13.4. The third-order valence-electron chi connectivity index (χ3n) is 3.81. The van der Waals surface area contributed by atoms with Crippen molar-refractivity contribution in [3.05, 3.63) is 64.7 Å². The molecule has 0 saturated heterocycles. The van der Waals surface area contributed by atoms with Crippen molar-refractivity contribution in [2.45, 2.75) is 20.8 Å². The van der Waals surface area contributed by atoms with Crippen LogP contribution in [0.3, 0.4) is 0 Å². The van der Waals surface area contributed by atoms with Crippen LogP contribution in [0.25, 0.3) is 0 Å². The van der Waals surface area contributed by atoms with E-state index in [4.69, 9.17) is 0 Å². The summed E-state index contributed by atoms with van der Waals surface area (Å²) in [6, 6.07) is 12.6. The number of aryl methyl sites for hydroxylation is 3. The Labute approximate surface area is 131 Å². The largest absolute Gasteiger partial charge is 0.396 e. The molecule has 0 amide bonds. The second-order valence-electron chi connectivity index (χ2n) is 5.60. The van der Waals surface area contributed by atoms with Crippen LogP contribution in [-0.2, 0) is 4.57 Å². The lowest BCUT2D eigenvalue weighted by Crippen LogP contribution is -2.19. The van der Waals surface area contributed by atoms with Gasteiger partial charge in [0.25, 0.3) is 0 Å². The highest BCUT2D eigenvalue weighted by Crippen LogP contribution is 2.48. The molecule has 1 atom stereocenters. The first-order valence-electron chi connectivity index (χ1n) is 7.28. The SMILES string of the molecule is Cc1cc(C)c(C(=O)P(=O)(CCO)c2ccccc2)c(C)c1. The van der Waals surface area contributed by atoms with Gasteiger partial charge in [0, 0.05) is 17.0 Å². The Balaban J connectivity index is 2.60. The number of carbonyl (C=O) groups excluding carboxylic acids is 1. The van der Waals surface area contributed by atoms with E-state index in [1.807, 2.05) is 39.0 Å². The van der Waals surface area contributed by atoms with Crippen molar-refractivity contribution in [3.63, 3.8) is 0 Å². The van der Waals surface area contributed by atoms with E-state index in [0.717, 1.165) is 16.7 Å². The first-order valence-corrected chi connectivity index (χ1v) is 9.17. The zero-order valence-electron chi connectivity index (χ0n) is 13.2. The van der Waals surface area contributed by atoms with Crippen molar-refractivity contribution >= 4 is 18.0 Å². The highest BCUT2D eigenvalue weighted by molar-refractivity contribution is 7.87. The van der Waals surface area contributed by atoms with E-state index in [0.29, 0.717) is 10.9 Å². The molecule has 0 aromatic heterocycles. The Morgan fingerprint density at radius 1 is 1.05 bits per heavy atom. The molecule has 0 radical (unpaired) electrons. The van der Waals surface area contributed by atoms with E-state index in [-0.39, 0.29) is 18.3 Å². The molecule has 0 bridgehead atoms. The van der Waals surface area contributed by atoms with Crippen LogP contribution in [0.2, 0.25) is 0 Å². The molecular formula is C18H21O3P. The van der Waals surface area contributed by atoms with E-state index in [9.17, 15) is 14.5 Å². The molecule has 22 heavy (non-hydrogen) atoms. The molecule has 0 spiro atoms. The maximum absolute atomic E-state index is 13.4. The van der Waals surface area contributed by atoms with E-state index in [1.54, 1.807) is 24.3 Å². The summed E-state index contributed by atoms with van der Waals surface area (Å²) in [5.74, 6) is 0. The molecule has 4 heteroatoms. The van der Waals surface area contributed by atoms with Crippen LogP contribution in [0.15, 0.2) is 42.5 Å². The van der Waals surface area contributed by atoms with Gasteiger partial charge in [-0.3, -0.25) is 4.79 Å². The van der Waals surface area contributed by atoms with E-state index in [2.05, 4.69) is 0 Å². The van der Waals surface area contributed by atoms with Crippen molar-refractivity contribution in [1.29, 1.82) is 0 Å². The topological polar surface area (TPSA) is 54.4 Å². The second-order valence-corrected chi connectivity index (χ2v) is 8.45. The molecule has 2 rings (SSSR count). The molecule has 3 nitrogen and oxygen atoms in total. The molecule has 2 aromatic rings. The van der Waals surface area contributed by atoms with Gasteiger partial charge in [-0.1, -0.05) is 48.0 Å². The number of benzene rings is 2. The molecule has 1 N–H and O–H groups in total. The Morgan fingerprint density at radius 3 is 2.09 bits per heavy atom. The van der Waals surface area contributed by atoms with Gasteiger partial charge in [0.2, 0.25) is 5.52 Å². The van der Waals surface area contributed by atoms with Crippen molar-refractivity contribution in [1.82, 2.24) is 0 Å². The number of aliphatic hydroxyl groups excluding tert-OH is 1. The van der Waals surface area contributed by atoms with Crippen molar-refractivity contribution in [3.8, 4) is 0 Å². The fourth-order valence-corrected chi connectivity index (χ4v) is 5.20. The van der Waals surface area contributed by atoms with E-state index < -0.39 is 7.14 Å². The van der Waals surface area contributed by atoms with Crippen molar-refractivity contribution < 1.29 is 14.5 Å².